The van der Waals surface area contributed by atoms with Gasteiger partial charge in [0.1, 0.15) is 0 Å². The SMILES string of the molecule is CC1(C)CC1CNc1cccc(Br)c1C(=O)O. The molecule has 2 rings (SSSR count). The fourth-order valence-corrected chi connectivity index (χ4v) is 2.58. The second-order valence-corrected chi connectivity index (χ2v) is 6.09. The molecule has 1 unspecified atom stereocenters. The molecule has 17 heavy (non-hydrogen) atoms. The zero-order valence-electron chi connectivity index (χ0n) is 9.96. The van der Waals surface area contributed by atoms with Crippen LogP contribution in [0.5, 0.6) is 0 Å². The van der Waals surface area contributed by atoms with Crippen molar-refractivity contribution < 1.29 is 9.90 Å². The molecule has 0 aliphatic heterocycles. The molecule has 1 fully saturated rings. The van der Waals surface area contributed by atoms with Crippen LogP contribution in [0.3, 0.4) is 0 Å². The van der Waals surface area contributed by atoms with Crippen molar-refractivity contribution in [2.24, 2.45) is 11.3 Å². The first-order valence-corrected chi connectivity index (χ1v) is 6.47. The first kappa shape index (κ1) is 12.4. The number of nitrogens with one attached hydrogen (secondary N) is 1. The van der Waals surface area contributed by atoms with Gasteiger partial charge in [0, 0.05) is 16.7 Å². The van der Waals surface area contributed by atoms with Gasteiger partial charge >= 0.3 is 5.97 Å². The Kier molecular flexibility index (Phi) is 3.17. The maximum Gasteiger partial charge on any atom is 0.338 e. The highest BCUT2D eigenvalue weighted by Crippen LogP contribution is 2.51. The quantitative estimate of drug-likeness (QED) is 0.893. The summed E-state index contributed by atoms with van der Waals surface area (Å²) in [6.45, 7) is 5.31. The zero-order valence-corrected chi connectivity index (χ0v) is 11.5. The van der Waals surface area contributed by atoms with Crippen molar-refractivity contribution in [1.29, 1.82) is 0 Å². The van der Waals surface area contributed by atoms with Crippen molar-refractivity contribution in [2.75, 3.05) is 11.9 Å². The lowest BCUT2D eigenvalue weighted by molar-refractivity contribution is 0.0697. The van der Waals surface area contributed by atoms with Gasteiger partial charge in [0.15, 0.2) is 0 Å². The van der Waals surface area contributed by atoms with Crippen LogP contribution >= 0.6 is 15.9 Å². The largest absolute Gasteiger partial charge is 0.478 e. The molecule has 0 amide bonds. The van der Waals surface area contributed by atoms with E-state index in [1.165, 1.54) is 6.42 Å². The van der Waals surface area contributed by atoms with Gasteiger partial charge in [0.05, 0.1) is 5.56 Å². The van der Waals surface area contributed by atoms with Crippen LogP contribution in [0.1, 0.15) is 30.6 Å². The van der Waals surface area contributed by atoms with Crippen LogP contribution < -0.4 is 5.32 Å². The molecule has 1 aliphatic carbocycles. The second-order valence-electron chi connectivity index (χ2n) is 5.24. The van der Waals surface area contributed by atoms with Crippen LogP contribution in [0.15, 0.2) is 22.7 Å². The molecule has 1 aromatic rings. The molecule has 0 heterocycles. The molecule has 92 valence electrons. The fourth-order valence-electron chi connectivity index (χ4n) is 2.05. The number of halogens is 1. The molecule has 1 aromatic carbocycles. The number of carboxylic acids is 1. The highest BCUT2D eigenvalue weighted by Gasteiger charge is 2.45. The Bertz CT molecular complexity index is 457. The van der Waals surface area contributed by atoms with E-state index in [-0.39, 0.29) is 0 Å². The van der Waals surface area contributed by atoms with Gasteiger partial charge in [-0.2, -0.15) is 0 Å². The molecule has 1 atom stereocenters. The first-order chi connectivity index (χ1) is 7.92. The molecule has 1 aliphatic rings. The van der Waals surface area contributed by atoms with E-state index >= 15 is 0 Å². The monoisotopic (exact) mass is 297 g/mol. The van der Waals surface area contributed by atoms with Crippen molar-refractivity contribution in [3.8, 4) is 0 Å². The standard InChI is InChI=1S/C13H16BrNO2/c1-13(2)6-8(13)7-15-10-5-3-4-9(14)11(10)12(16)17/h3-5,8,15H,6-7H2,1-2H3,(H,16,17). The lowest BCUT2D eigenvalue weighted by atomic mass is 10.1. The van der Waals surface area contributed by atoms with Crippen LogP contribution in [0.2, 0.25) is 0 Å². The van der Waals surface area contributed by atoms with E-state index < -0.39 is 5.97 Å². The molecule has 0 saturated heterocycles. The zero-order chi connectivity index (χ0) is 12.6. The second kappa shape index (κ2) is 4.33. The number of anilines is 1. The molecule has 4 heteroatoms. The number of aromatic carboxylic acids is 1. The Labute approximate surface area is 109 Å². The number of hydrogen-bond acceptors (Lipinski definition) is 2. The summed E-state index contributed by atoms with van der Waals surface area (Å²) in [6, 6.07) is 5.40. The van der Waals surface area contributed by atoms with Crippen LogP contribution in [0.25, 0.3) is 0 Å². The van der Waals surface area contributed by atoms with Crippen molar-refractivity contribution in [1.82, 2.24) is 0 Å². The highest BCUT2D eigenvalue weighted by atomic mass is 79.9. The summed E-state index contributed by atoms with van der Waals surface area (Å²) in [5.74, 6) is -0.266. The van der Waals surface area contributed by atoms with Gasteiger partial charge in [-0.3, -0.25) is 0 Å². The van der Waals surface area contributed by atoms with Crippen molar-refractivity contribution in [2.45, 2.75) is 20.3 Å². The Morgan fingerprint density at radius 3 is 2.76 bits per heavy atom. The Morgan fingerprint density at radius 2 is 2.24 bits per heavy atom. The first-order valence-electron chi connectivity index (χ1n) is 5.67. The molecular formula is C13H16BrNO2. The predicted octanol–water partition coefficient (Wildman–Crippen LogP) is 3.61. The van der Waals surface area contributed by atoms with Gasteiger partial charge in [-0.25, -0.2) is 4.79 Å². The van der Waals surface area contributed by atoms with Gasteiger partial charge in [0.25, 0.3) is 0 Å². The maximum atomic E-state index is 11.2. The van der Waals surface area contributed by atoms with Crippen molar-refractivity contribution >= 4 is 27.6 Å². The van der Waals surface area contributed by atoms with E-state index in [0.29, 0.717) is 27.1 Å². The van der Waals surface area contributed by atoms with E-state index in [0.717, 1.165) is 6.54 Å². The van der Waals surface area contributed by atoms with Crippen LogP contribution in [-0.4, -0.2) is 17.6 Å². The van der Waals surface area contributed by atoms with Gasteiger partial charge in [-0.1, -0.05) is 19.9 Å². The van der Waals surface area contributed by atoms with Crippen LogP contribution in [0.4, 0.5) is 5.69 Å². The summed E-state index contributed by atoms with van der Waals surface area (Å²) >= 11 is 3.27. The molecule has 0 aromatic heterocycles. The summed E-state index contributed by atoms with van der Waals surface area (Å²) in [6.07, 6.45) is 1.20. The van der Waals surface area contributed by atoms with E-state index in [2.05, 4.69) is 35.1 Å². The van der Waals surface area contributed by atoms with Gasteiger partial charge in [-0.05, 0) is 45.8 Å². The molecule has 0 spiro atoms. The number of benzene rings is 1. The Morgan fingerprint density at radius 1 is 1.59 bits per heavy atom. The van der Waals surface area contributed by atoms with Gasteiger partial charge < -0.3 is 10.4 Å². The maximum absolute atomic E-state index is 11.2. The fraction of sp³-hybridized carbons (Fsp3) is 0.462. The van der Waals surface area contributed by atoms with E-state index in [1.807, 2.05) is 12.1 Å². The summed E-state index contributed by atoms with van der Waals surface area (Å²) in [4.78, 5) is 11.2. The molecule has 3 nitrogen and oxygen atoms in total. The lowest BCUT2D eigenvalue weighted by Gasteiger charge is -2.11. The average molecular weight is 298 g/mol. The van der Waals surface area contributed by atoms with Gasteiger partial charge in [0.2, 0.25) is 0 Å². The molecule has 0 bridgehead atoms. The lowest BCUT2D eigenvalue weighted by Crippen LogP contribution is -2.11. The minimum atomic E-state index is -0.907. The van der Waals surface area contributed by atoms with Gasteiger partial charge in [-0.15, -0.1) is 0 Å². The molecule has 1 saturated carbocycles. The highest BCUT2D eigenvalue weighted by molar-refractivity contribution is 9.10. The van der Waals surface area contributed by atoms with Crippen LogP contribution in [-0.2, 0) is 0 Å². The third-order valence-corrected chi connectivity index (χ3v) is 4.14. The molecule has 0 radical (unpaired) electrons. The van der Waals surface area contributed by atoms with E-state index in [9.17, 15) is 4.79 Å². The summed E-state index contributed by atoms with van der Waals surface area (Å²) < 4.78 is 0.616. The summed E-state index contributed by atoms with van der Waals surface area (Å²) in [7, 11) is 0. The molecular weight excluding hydrogens is 282 g/mol. The third-order valence-electron chi connectivity index (χ3n) is 3.48. The van der Waals surface area contributed by atoms with E-state index in [1.54, 1.807) is 6.07 Å². The smallest absolute Gasteiger partial charge is 0.338 e. The number of carboxylic acid groups (broad SMARTS) is 1. The normalized spacial score (nSPS) is 21.0. The summed E-state index contributed by atoms with van der Waals surface area (Å²) in [5, 5.41) is 12.4. The predicted molar refractivity (Wildman–Crippen MR) is 71.5 cm³/mol. The van der Waals surface area contributed by atoms with E-state index in [4.69, 9.17) is 5.11 Å². The Hall–Kier alpha value is -1.03. The van der Waals surface area contributed by atoms with Crippen molar-refractivity contribution in [3.63, 3.8) is 0 Å². The minimum Gasteiger partial charge on any atom is -0.478 e. The van der Waals surface area contributed by atoms with Crippen LogP contribution in [0, 0.1) is 11.3 Å². The summed E-state index contributed by atoms with van der Waals surface area (Å²) in [5.41, 5.74) is 1.41. The molecule has 2 N–H and O–H groups in total. The number of rotatable bonds is 4. The Balaban J connectivity index is 2.10. The minimum absolute atomic E-state index is 0.311. The average Bonchev–Trinajstić information content (AvgIpc) is 2.83. The number of carbonyl (C=O) groups is 1. The topological polar surface area (TPSA) is 49.3 Å². The number of hydrogen-bond donors (Lipinski definition) is 2. The van der Waals surface area contributed by atoms with Crippen molar-refractivity contribution in [3.05, 3.63) is 28.2 Å². The third kappa shape index (κ3) is 2.63.